The van der Waals surface area contributed by atoms with Gasteiger partial charge in [0.25, 0.3) is 5.13 Å². The number of benzene rings is 1. The molecule has 2 heterocycles. The molecule has 0 radical (unpaired) electrons. The molecule has 3 rings (SSSR count). The van der Waals surface area contributed by atoms with Gasteiger partial charge in [-0.25, -0.2) is 15.2 Å². The Bertz CT molecular complexity index is 569. The third-order valence-electron chi connectivity index (χ3n) is 3.46. The van der Waals surface area contributed by atoms with Gasteiger partial charge in [-0.1, -0.05) is 29.5 Å². The maximum Gasteiger partial charge on any atom is 0.359 e. The first-order valence-corrected chi connectivity index (χ1v) is 7.80. The number of nitrogens with zero attached hydrogens (tertiary/aromatic N) is 3. The van der Waals surface area contributed by atoms with E-state index >= 15 is 0 Å². The lowest BCUT2D eigenvalue weighted by atomic mass is 10.3. The molecule has 1 saturated heterocycles. The van der Waals surface area contributed by atoms with Crippen LogP contribution in [0.1, 0.15) is 12.8 Å². The van der Waals surface area contributed by atoms with Crippen LogP contribution in [0.5, 0.6) is 0 Å². The van der Waals surface area contributed by atoms with Crippen LogP contribution in [-0.2, 0) is 0 Å². The molecule has 0 unspecified atom stereocenters. The van der Waals surface area contributed by atoms with E-state index in [1.165, 1.54) is 12.8 Å². The molecule has 4 nitrogen and oxygen atoms in total. The van der Waals surface area contributed by atoms with Gasteiger partial charge >= 0.3 is 5.96 Å². The molecule has 0 spiro atoms. The molecule has 0 amide bonds. The predicted molar refractivity (Wildman–Crippen MR) is 84.8 cm³/mol. The highest BCUT2D eigenvalue weighted by molar-refractivity contribution is 7.13. The summed E-state index contributed by atoms with van der Waals surface area (Å²) in [6.07, 6.45) is 4.36. The van der Waals surface area contributed by atoms with E-state index < -0.39 is 0 Å². The van der Waals surface area contributed by atoms with Crippen molar-refractivity contribution in [1.82, 2.24) is 4.98 Å². The zero-order valence-electron chi connectivity index (χ0n) is 11.6. The minimum atomic E-state index is 1.01. The van der Waals surface area contributed by atoms with Crippen LogP contribution in [0.2, 0.25) is 0 Å². The topological polar surface area (TPSA) is 31.2 Å². The van der Waals surface area contributed by atoms with E-state index in [4.69, 9.17) is 0 Å². The first-order chi connectivity index (χ1) is 9.84. The summed E-state index contributed by atoms with van der Waals surface area (Å²) in [7, 11) is 2.07. The van der Waals surface area contributed by atoms with Crippen LogP contribution in [-0.4, -0.2) is 35.7 Å². The van der Waals surface area contributed by atoms with Gasteiger partial charge in [-0.2, -0.15) is 0 Å². The number of guanidine groups is 1. The van der Waals surface area contributed by atoms with Crippen molar-refractivity contribution in [3.05, 3.63) is 41.9 Å². The molecule has 1 aromatic heterocycles. The van der Waals surface area contributed by atoms with Crippen LogP contribution in [0.25, 0.3) is 0 Å². The van der Waals surface area contributed by atoms with Gasteiger partial charge in [-0.05, 0) is 25.0 Å². The number of hydrogen-bond donors (Lipinski definition) is 1. The number of aromatic nitrogens is 1. The molecular formula is C15H19N4S+. The van der Waals surface area contributed by atoms with E-state index in [-0.39, 0.29) is 0 Å². The van der Waals surface area contributed by atoms with Crippen molar-refractivity contribution < 1.29 is 4.58 Å². The van der Waals surface area contributed by atoms with Gasteiger partial charge < -0.3 is 0 Å². The van der Waals surface area contributed by atoms with Gasteiger partial charge in [0.15, 0.2) is 0 Å². The Labute approximate surface area is 123 Å². The number of anilines is 2. The maximum absolute atomic E-state index is 4.41. The molecule has 1 aliphatic heterocycles. The van der Waals surface area contributed by atoms with Crippen LogP contribution in [0.3, 0.4) is 0 Å². The Morgan fingerprint density at radius 2 is 2.00 bits per heavy atom. The number of rotatable bonds is 2. The zero-order valence-corrected chi connectivity index (χ0v) is 12.4. The van der Waals surface area contributed by atoms with Crippen LogP contribution >= 0.6 is 11.3 Å². The average molecular weight is 287 g/mol. The standard InChI is InChI=1S/C15H18N4S/c1-18(15-16-9-12-20-15)14(19-10-5-6-11-19)17-13-7-3-2-4-8-13/h2-4,7-9,12H,5-6,10-11H2,1H3/p+1. The number of nitrogens with one attached hydrogen (secondary N) is 1. The highest BCUT2D eigenvalue weighted by Crippen LogP contribution is 2.18. The lowest BCUT2D eigenvalue weighted by Crippen LogP contribution is -2.40. The molecule has 1 aliphatic rings. The lowest BCUT2D eigenvalue weighted by Gasteiger charge is -2.16. The quantitative estimate of drug-likeness (QED) is 0.681. The van der Waals surface area contributed by atoms with E-state index in [9.17, 15) is 0 Å². The molecule has 2 aromatic rings. The van der Waals surface area contributed by atoms with Crippen LogP contribution < -0.4 is 10.2 Å². The van der Waals surface area contributed by atoms with Crippen molar-refractivity contribution in [2.75, 3.05) is 30.4 Å². The van der Waals surface area contributed by atoms with Crippen LogP contribution in [0.15, 0.2) is 41.9 Å². The summed E-state index contributed by atoms with van der Waals surface area (Å²) in [5.41, 5.74) is 1.11. The van der Waals surface area contributed by atoms with Crippen molar-refractivity contribution in [2.45, 2.75) is 12.8 Å². The molecular weight excluding hydrogens is 268 g/mol. The molecule has 5 heteroatoms. The maximum atomic E-state index is 4.41. The smallest absolute Gasteiger partial charge is 0.264 e. The highest BCUT2D eigenvalue weighted by atomic mass is 32.1. The van der Waals surface area contributed by atoms with Gasteiger partial charge in [0.1, 0.15) is 0 Å². The Morgan fingerprint density at radius 3 is 2.65 bits per heavy atom. The zero-order chi connectivity index (χ0) is 13.8. The summed E-state index contributed by atoms with van der Waals surface area (Å²) in [5, 5.41) is 6.56. The summed E-state index contributed by atoms with van der Waals surface area (Å²) in [5.74, 6) is 1.11. The second-order valence-corrected chi connectivity index (χ2v) is 5.76. The van der Waals surface area contributed by atoms with E-state index in [0.717, 1.165) is 29.9 Å². The Morgan fingerprint density at radius 1 is 1.25 bits per heavy atom. The molecule has 1 N–H and O–H groups in total. The fourth-order valence-corrected chi connectivity index (χ4v) is 3.04. The largest absolute Gasteiger partial charge is 0.359 e. The number of hydrogen-bond acceptors (Lipinski definition) is 2. The molecule has 1 aromatic carbocycles. The summed E-state index contributed by atoms with van der Waals surface area (Å²) < 4.78 is 2.40. The fourth-order valence-electron chi connectivity index (χ4n) is 2.43. The molecule has 0 aliphatic carbocycles. The van der Waals surface area contributed by atoms with Gasteiger partial charge in [0.05, 0.1) is 25.8 Å². The van der Waals surface area contributed by atoms with E-state index in [2.05, 4.69) is 39.0 Å². The van der Waals surface area contributed by atoms with Crippen LogP contribution in [0, 0.1) is 0 Å². The second kappa shape index (κ2) is 6.05. The SMILES string of the molecule is CN(C(Nc1ccccc1)=[N+]1CCCC1)c1nccs1. The number of thiazole rings is 1. The van der Waals surface area contributed by atoms with Crippen molar-refractivity contribution in [3.8, 4) is 0 Å². The average Bonchev–Trinajstić information content (AvgIpc) is 3.18. The highest BCUT2D eigenvalue weighted by Gasteiger charge is 2.25. The molecule has 104 valence electrons. The minimum absolute atomic E-state index is 1.01. The summed E-state index contributed by atoms with van der Waals surface area (Å²) in [6, 6.07) is 10.3. The molecule has 1 fully saturated rings. The number of para-hydroxylation sites is 1. The minimum Gasteiger partial charge on any atom is -0.264 e. The molecule has 0 atom stereocenters. The predicted octanol–water partition coefficient (Wildman–Crippen LogP) is 2.85. The molecule has 0 saturated carbocycles. The van der Waals surface area contributed by atoms with Crippen molar-refractivity contribution >= 4 is 28.1 Å². The summed E-state index contributed by atoms with van der Waals surface area (Å²) in [4.78, 5) is 6.55. The van der Waals surface area contributed by atoms with Gasteiger partial charge in [0, 0.05) is 11.6 Å². The van der Waals surface area contributed by atoms with Crippen molar-refractivity contribution in [1.29, 1.82) is 0 Å². The normalized spacial score (nSPS) is 14.3. The Balaban J connectivity index is 1.90. The summed E-state index contributed by atoms with van der Waals surface area (Å²) >= 11 is 1.66. The van der Waals surface area contributed by atoms with Gasteiger partial charge in [-0.3, -0.25) is 4.58 Å². The monoisotopic (exact) mass is 287 g/mol. The third kappa shape index (κ3) is 2.82. The summed E-state index contributed by atoms with van der Waals surface area (Å²) in [6.45, 7) is 2.20. The molecule has 0 bridgehead atoms. The van der Waals surface area contributed by atoms with E-state index in [0.29, 0.717) is 0 Å². The van der Waals surface area contributed by atoms with E-state index in [1.807, 2.05) is 29.8 Å². The molecule has 20 heavy (non-hydrogen) atoms. The first-order valence-electron chi connectivity index (χ1n) is 6.92. The second-order valence-electron chi connectivity index (χ2n) is 4.88. The van der Waals surface area contributed by atoms with Crippen LogP contribution in [0.4, 0.5) is 10.8 Å². The Kier molecular flexibility index (Phi) is 3.97. The fraction of sp³-hybridized carbons (Fsp3) is 0.333. The van der Waals surface area contributed by atoms with Gasteiger partial charge in [-0.15, -0.1) is 0 Å². The van der Waals surface area contributed by atoms with Gasteiger partial charge in [0.2, 0.25) is 0 Å². The van der Waals surface area contributed by atoms with Crippen molar-refractivity contribution in [2.24, 2.45) is 0 Å². The Hall–Kier alpha value is -1.88. The van der Waals surface area contributed by atoms with E-state index in [1.54, 1.807) is 11.3 Å². The van der Waals surface area contributed by atoms with Crippen molar-refractivity contribution in [3.63, 3.8) is 0 Å². The third-order valence-corrected chi connectivity index (χ3v) is 4.31. The lowest BCUT2D eigenvalue weighted by molar-refractivity contribution is -0.506. The first kappa shape index (κ1) is 13.1.